The molecule has 0 aliphatic heterocycles. The van der Waals surface area contributed by atoms with Crippen molar-refractivity contribution >= 4 is 11.9 Å². The third-order valence-electron chi connectivity index (χ3n) is 1.79. The summed E-state index contributed by atoms with van der Waals surface area (Å²) in [7, 11) is 0. The van der Waals surface area contributed by atoms with Crippen LogP contribution >= 0.6 is 0 Å². The summed E-state index contributed by atoms with van der Waals surface area (Å²) in [4.78, 5) is 21.9. The average Bonchev–Trinajstić information content (AvgIpc) is 2.51. The minimum absolute atomic E-state index is 0.359. The van der Waals surface area contributed by atoms with Gasteiger partial charge in [0.05, 0.1) is 11.8 Å². The molecule has 6 nitrogen and oxygen atoms in total. The predicted octanol–water partition coefficient (Wildman–Crippen LogP) is -0.0790. The fraction of sp³-hybridized carbons (Fsp3) is 0.375. The van der Waals surface area contributed by atoms with E-state index in [1.165, 1.54) is 13.1 Å². The number of hydrogen-bond acceptors (Lipinski definition) is 3. The Kier molecular flexibility index (Phi) is 2.85. The molecule has 0 radical (unpaired) electrons. The number of amides is 1. The number of carbonyl (C=O) groups excluding carboxylic acids is 1. The Morgan fingerprint density at radius 3 is 2.71 bits per heavy atom. The fourth-order valence-electron chi connectivity index (χ4n) is 0.916. The summed E-state index contributed by atoms with van der Waals surface area (Å²) in [6.07, 6.45) is 1.36. The van der Waals surface area contributed by atoms with Gasteiger partial charge in [-0.05, 0) is 13.8 Å². The van der Waals surface area contributed by atoms with E-state index in [9.17, 15) is 9.59 Å². The second-order valence-electron chi connectivity index (χ2n) is 2.94. The molecule has 6 heteroatoms. The highest BCUT2D eigenvalue weighted by atomic mass is 16.4. The van der Waals surface area contributed by atoms with Crippen molar-refractivity contribution in [3.63, 3.8) is 0 Å². The van der Waals surface area contributed by atoms with Crippen LogP contribution in [0.25, 0.3) is 0 Å². The number of carboxylic acids is 1. The molecule has 0 aromatic carbocycles. The highest BCUT2D eigenvalue weighted by Gasteiger charge is 2.17. The van der Waals surface area contributed by atoms with E-state index in [1.54, 1.807) is 6.92 Å². The SMILES string of the molecule is Cc1[nH]ncc1C(=O)N[C@@H](C)C(=O)O. The first kappa shape index (κ1) is 10.2. The zero-order valence-corrected chi connectivity index (χ0v) is 7.87. The third-order valence-corrected chi connectivity index (χ3v) is 1.79. The zero-order chi connectivity index (χ0) is 10.7. The molecule has 1 atom stereocenters. The lowest BCUT2D eigenvalue weighted by Gasteiger charge is -2.07. The standard InChI is InChI=1S/C8H11N3O3/c1-4-6(3-9-11-4)7(12)10-5(2)8(13)14/h3,5H,1-2H3,(H,9,11)(H,10,12)(H,13,14)/t5-/m0/s1. The zero-order valence-electron chi connectivity index (χ0n) is 7.87. The van der Waals surface area contributed by atoms with Crippen molar-refractivity contribution in [1.29, 1.82) is 0 Å². The number of aliphatic carboxylic acids is 1. The first-order valence-electron chi connectivity index (χ1n) is 4.06. The van der Waals surface area contributed by atoms with Crippen molar-refractivity contribution in [3.8, 4) is 0 Å². The second kappa shape index (κ2) is 3.91. The molecule has 76 valence electrons. The van der Waals surface area contributed by atoms with Gasteiger partial charge < -0.3 is 10.4 Å². The summed E-state index contributed by atoms with van der Waals surface area (Å²) in [5.41, 5.74) is 0.971. The summed E-state index contributed by atoms with van der Waals surface area (Å²) in [5.74, 6) is -1.51. The Hall–Kier alpha value is -1.85. The molecule has 1 rings (SSSR count). The van der Waals surface area contributed by atoms with Crippen molar-refractivity contribution in [1.82, 2.24) is 15.5 Å². The van der Waals surface area contributed by atoms with Crippen LogP contribution < -0.4 is 5.32 Å². The van der Waals surface area contributed by atoms with E-state index >= 15 is 0 Å². The van der Waals surface area contributed by atoms with Gasteiger partial charge in [-0.15, -0.1) is 0 Å². The number of rotatable bonds is 3. The van der Waals surface area contributed by atoms with Gasteiger partial charge in [0.1, 0.15) is 6.04 Å². The minimum Gasteiger partial charge on any atom is -0.480 e. The molecule has 14 heavy (non-hydrogen) atoms. The van der Waals surface area contributed by atoms with Crippen LogP contribution in [0.5, 0.6) is 0 Å². The van der Waals surface area contributed by atoms with Crippen LogP contribution in [0, 0.1) is 6.92 Å². The topological polar surface area (TPSA) is 95.1 Å². The van der Waals surface area contributed by atoms with Gasteiger partial charge in [0.2, 0.25) is 0 Å². The van der Waals surface area contributed by atoms with Gasteiger partial charge in [-0.3, -0.25) is 14.7 Å². The molecular weight excluding hydrogens is 186 g/mol. The summed E-state index contributed by atoms with van der Waals surface area (Å²) in [6.45, 7) is 3.09. The average molecular weight is 197 g/mol. The van der Waals surface area contributed by atoms with Crippen LogP contribution in [0.15, 0.2) is 6.20 Å². The maximum absolute atomic E-state index is 11.4. The van der Waals surface area contributed by atoms with E-state index in [-0.39, 0.29) is 0 Å². The van der Waals surface area contributed by atoms with Gasteiger partial charge in [0.15, 0.2) is 0 Å². The fourth-order valence-corrected chi connectivity index (χ4v) is 0.916. The molecule has 1 heterocycles. The van der Waals surface area contributed by atoms with Crippen molar-refractivity contribution in [2.24, 2.45) is 0 Å². The van der Waals surface area contributed by atoms with E-state index in [2.05, 4.69) is 15.5 Å². The molecule has 1 aromatic rings. The van der Waals surface area contributed by atoms with Gasteiger partial charge in [-0.2, -0.15) is 5.10 Å². The van der Waals surface area contributed by atoms with Crippen LogP contribution in [0.4, 0.5) is 0 Å². The Labute approximate surface area is 80.3 Å². The van der Waals surface area contributed by atoms with E-state index in [1.807, 2.05) is 0 Å². The summed E-state index contributed by atoms with van der Waals surface area (Å²) in [5, 5.41) is 17.1. The van der Waals surface area contributed by atoms with Gasteiger partial charge in [0, 0.05) is 5.69 Å². The molecule has 0 fully saturated rings. The number of carboxylic acid groups (broad SMARTS) is 1. The summed E-state index contributed by atoms with van der Waals surface area (Å²) < 4.78 is 0. The van der Waals surface area contributed by atoms with Crippen LogP contribution in [0.1, 0.15) is 23.0 Å². The molecule has 1 amide bonds. The number of aryl methyl sites for hydroxylation is 1. The number of hydrogen-bond donors (Lipinski definition) is 3. The molecule has 0 bridgehead atoms. The van der Waals surface area contributed by atoms with E-state index in [4.69, 9.17) is 5.11 Å². The van der Waals surface area contributed by atoms with Gasteiger partial charge in [0.25, 0.3) is 5.91 Å². The Bertz CT molecular complexity index is 358. The van der Waals surface area contributed by atoms with Gasteiger partial charge in [-0.25, -0.2) is 0 Å². The molecule has 1 aromatic heterocycles. The Balaban J connectivity index is 2.69. The first-order chi connectivity index (χ1) is 6.52. The van der Waals surface area contributed by atoms with Gasteiger partial charge >= 0.3 is 5.97 Å². The molecule has 0 spiro atoms. The largest absolute Gasteiger partial charge is 0.480 e. The predicted molar refractivity (Wildman–Crippen MR) is 47.9 cm³/mol. The van der Waals surface area contributed by atoms with Crippen LogP contribution in [0.2, 0.25) is 0 Å². The normalized spacial score (nSPS) is 12.1. The minimum atomic E-state index is -1.07. The lowest BCUT2D eigenvalue weighted by molar-refractivity contribution is -0.138. The molecule has 0 saturated heterocycles. The Morgan fingerprint density at radius 2 is 2.29 bits per heavy atom. The third kappa shape index (κ3) is 2.09. The van der Waals surface area contributed by atoms with Crippen LogP contribution in [0.3, 0.4) is 0 Å². The van der Waals surface area contributed by atoms with Crippen LogP contribution in [-0.4, -0.2) is 33.2 Å². The van der Waals surface area contributed by atoms with Gasteiger partial charge in [-0.1, -0.05) is 0 Å². The molecule has 0 aliphatic rings. The number of nitrogens with one attached hydrogen (secondary N) is 2. The van der Waals surface area contributed by atoms with E-state index in [0.717, 1.165) is 0 Å². The molecule has 3 N–H and O–H groups in total. The molecule has 0 unspecified atom stereocenters. The molecule has 0 aliphatic carbocycles. The number of aromatic nitrogens is 2. The Morgan fingerprint density at radius 1 is 1.64 bits per heavy atom. The maximum atomic E-state index is 11.4. The summed E-state index contributed by atoms with van der Waals surface area (Å²) in [6, 6.07) is -0.906. The quantitative estimate of drug-likeness (QED) is 0.631. The van der Waals surface area contributed by atoms with Crippen molar-refractivity contribution in [2.45, 2.75) is 19.9 Å². The molecular formula is C8H11N3O3. The van der Waals surface area contributed by atoms with E-state index in [0.29, 0.717) is 11.3 Å². The van der Waals surface area contributed by atoms with Crippen LogP contribution in [-0.2, 0) is 4.79 Å². The summed E-state index contributed by atoms with van der Waals surface area (Å²) >= 11 is 0. The van der Waals surface area contributed by atoms with E-state index < -0.39 is 17.9 Å². The lowest BCUT2D eigenvalue weighted by Crippen LogP contribution is -2.38. The maximum Gasteiger partial charge on any atom is 0.325 e. The van der Waals surface area contributed by atoms with Crippen molar-refractivity contribution in [3.05, 3.63) is 17.5 Å². The highest BCUT2D eigenvalue weighted by Crippen LogP contribution is 2.02. The number of H-pyrrole nitrogens is 1. The second-order valence-corrected chi connectivity index (χ2v) is 2.94. The number of carbonyl (C=O) groups is 2. The molecule has 0 saturated carbocycles. The monoisotopic (exact) mass is 197 g/mol. The highest BCUT2D eigenvalue weighted by molar-refractivity contribution is 5.97. The lowest BCUT2D eigenvalue weighted by atomic mass is 10.2. The van der Waals surface area contributed by atoms with Crippen molar-refractivity contribution < 1.29 is 14.7 Å². The number of aromatic amines is 1. The number of nitrogens with zero attached hydrogens (tertiary/aromatic N) is 1. The smallest absolute Gasteiger partial charge is 0.325 e. The van der Waals surface area contributed by atoms with Crippen molar-refractivity contribution in [2.75, 3.05) is 0 Å². The first-order valence-corrected chi connectivity index (χ1v) is 4.06.